The van der Waals surface area contributed by atoms with Gasteiger partial charge in [-0.15, -0.1) is 0 Å². The number of ether oxygens (including phenoxy) is 1. The molecule has 5 nitrogen and oxygen atoms in total. The van der Waals surface area contributed by atoms with Gasteiger partial charge < -0.3 is 9.64 Å². The Morgan fingerprint density at radius 1 is 1.28 bits per heavy atom. The minimum Gasteiger partial charge on any atom is -0.440 e. The number of pyridine rings is 1. The van der Waals surface area contributed by atoms with E-state index < -0.39 is 6.09 Å². The van der Waals surface area contributed by atoms with E-state index in [-0.39, 0.29) is 6.10 Å². The lowest BCUT2D eigenvalue weighted by molar-refractivity contribution is -0.939. The second kappa shape index (κ2) is 8.62. The largest absolute Gasteiger partial charge is 0.440 e. The fourth-order valence-electron chi connectivity index (χ4n) is 3.57. The summed E-state index contributed by atoms with van der Waals surface area (Å²) >= 11 is 0. The van der Waals surface area contributed by atoms with Gasteiger partial charge in [0.2, 0.25) is 0 Å². The molecule has 1 aromatic carbocycles. The van der Waals surface area contributed by atoms with Crippen molar-refractivity contribution in [3.63, 3.8) is 0 Å². The Hall–Kier alpha value is -2.40. The normalized spacial score (nSPS) is 21.3. The molecule has 0 aliphatic carbocycles. The van der Waals surface area contributed by atoms with E-state index in [1.165, 1.54) is 23.3 Å². The van der Waals surface area contributed by atoms with Crippen molar-refractivity contribution in [2.75, 3.05) is 18.4 Å². The van der Waals surface area contributed by atoms with Crippen molar-refractivity contribution >= 4 is 11.8 Å². The average molecular weight is 340 g/mol. The number of quaternary nitrogens is 1. The molecule has 132 valence electrons. The first-order valence-electron chi connectivity index (χ1n) is 8.99. The maximum absolute atomic E-state index is 12.1. The van der Waals surface area contributed by atoms with E-state index in [1.807, 2.05) is 55.7 Å². The topological polar surface area (TPSA) is 55.7 Å². The van der Waals surface area contributed by atoms with Crippen molar-refractivity contribution in [3.8, 4) is 0 Å². The van der Waals surface area contributed by atoms with Gasteiger partial charge in [0.25, 0.3) is 0 Å². The third kappa shape index (κ3) is 5.03. The van der Waals surface area contributed by atoms with Gasteiger partial charge in [0, 0.05) is 30.1 Å². The molecule has 3 rings (SSSR count). The zero-order chi connectivity index (χ0) is 17.5. The van der Waals surface area contributed by atoms with Crippen LogP contribution in [0.1, 0.15) is 37.8 Å². The molecule has 0 bridgehead atoms. The van der Waals surface area contributed by atoms with Crippen LogP contribution in [0.15, 0.2) is 54.9 Å². The van der Waals surface area contributed by atoms with Gasteiger partial charge in [0.05, 0.1) is 6.54 Å². The molecule has 1 saturated heterocycles. The van der Waals surface area contributed by atoms with Gasteiger partial charge >= 0.3 is 6.09 Å². The number of benzene rings is 1. The number of hydrogen-bond donors (Lipinski definition) is 2. The summed E-state index contributed by atoms with van der Waals surface area (Å²) in [6.45, 7) is 3.88. The fraction of sp³-hybridized carbons (Fsp3) is 0.400. The molecule has 2 heterocycles. The van der Waals surface area contributed by atoms with Gasteiger partial charge in [-0.1, -0.05) is 24.3 Å². The highest BCUT2D eigenvalue weighted by Gasteiger charge is 2.29. The number of para-hydroxylation sites is 1. The Balaban J connectivity index is 1.55. The van der Waals surface area contributed by atoms with Crippen LogP contribution in [-0.2, 0) is 4.74 Å². The number of nitrogens with zero attached hydrogens (tertiary/aromatic N) is 1. The number of likely N-dealkylation sites (tertiary alicyclic amines) is 1. The minimum absolute atomic E-state index is 0.143. The second-order valence-corrected chi connectivity index (χ2v) is 6.65. The predicted octanol–water partition coefficient (Wildman–Crippen LogP) is 2.83. The molecule has 3 atom stereocenters. The SMILES string of the molecule is C[C@H](C[NH+]1CCCC[C@@H]1c1cccnc1)OC(=O)Nc1ccccc1. The standard InChI is InChI=1S/C20H25N3O2/c1-16(25-20(24)22-18-9-3-2-4-10-18)15-23-13-6-5-11-19(23)17-8-7-12-21-14-17/h2-4,7-10,12,14,16,19H,5-6,11,13,15H2,1H3,(H,22,24)/p+1/t16-,19-/m1/s1. The molecule has 1 fully saturated rings. The van der Waals surface area contributed by atoms with Crippen molar-refractivity contribution in [3.05, 3.63) is 60.4 Å². The third-order valence-electron chi connectivity index (χ3n) is 4.70. The molecule has 2 N–H and O–H groups in total. The second-order valence-electron chi connectivity index (χ2n) is 6.65. The molecule has 5 heteroatoms. The number of piperidine rings is 1. The van der Waals surface area contributed by atoms with Crippen molar-refractivity contribution in [1.29, 1.82) is 0 Å². The minimum atomic E-state index is -0.395. The highest BCUT2D eigenvalue weighted by Crippen LogP contribution is 2.18. The maximum Gasteiger partial charge on any atom is 0.412 e. The van der Waals surface area contributed by atoms with Crippen molar-refractivity contribution in [2.45, 2.75) is 38.3 Å². The van der Waals surface area contributed by atoms with Gasteiger partial charge in [-0.3, -0.25) is 10.3 Å². The van der Waals surface area contributed by atoms with Crippen molar-refractivity contribution in [2.24, 2.45) is 0 Å². The summed E-state index contributed by atoms with van der Waals surface area (Å²) in [6.07, 6.45) is 6.85. The Kier molecular flexibility index (Phi) is 6.01. The quantitative estimate of drug-likeness (QED) is 0.880. The van der Waals surface area contributed by atoms with E-state index in [4.69, 9.17) is 4.74 Å². The smallest absolute Gasteiger partial charge is 0.412 e. The summed E-state index contributed by atoms with van der Waals surface area (Å²) < 4.78 is 5.55. The number of nitrogens with one attached hydrogen (secondary N) is 2. The Morgan fingerprint density at radius 3 is 2.88 bits per heavy atom. The zero-order valence-corrected chi connectivity index (χ0v) is 14.7. The summed E-state index contributed by atoms with van der Waals surface area (Å²) in [5.74, 6) is 0. The van der Waals surface area contributed by atoms with E-state index in [9.17, 15) is 4.79 Å². The van der Waals surface area contributed by atoms with E-state index in [1.54, 1.807) is 0 Å². The van der Waals surface area contributed by atoms with E-state index in [0.29, 0.717) is 6.04 Å². The first-order chi connectivity index (χ1) is 12.2. The van der Waals surface area contributed by atoms with Crippen LogP contribution in [0, 0.1) is 0 Å². The first-order valence-corrected chi connectivity index (χ1v) is 8.99. The molecular weight excluding hydrogens is 314 g/mol. The third-order valence-corrected chi connectivity index (χ3v) is 4.70. The molecule has 2 aromatic rings. The maximum atomic E-state index is 12.1. The summed E-state index contributed by atoms with van der Waals surface area (Å²) in [5, 5.41) is 2.77. The average Bonchev–Trinajstić information content (AvgIpc) is 2.63. The first kappa shape index (κ1) is 17.4. The number of amides is 1. The summed E-state index contributed by atoms with van der Waals surface area (Å²) in [7, 11) is 0. The van der Waals surface area contributed by atoms with Crippen molar-refractivity contribution in [1.82, 2.24) is 4.98 Å². The van der Waals surface area contributed by atoms with Crippen LogP contribution in [0.3, 0.4) is 0 Å². The number of hydrogen-bond acceptors (Lipinski definition) is 3. The number of carbonyl (C=O) groups is 1. The molecule has 1 amide bonds. The molecule has 1 aliphatic heterocycles. The predicted molar refractivity (Wildman–Crippen MR) is 97.5 cm³/mol. The summed E-state index contributed by atoms with van der Waals surface area (Å²) in [6, 6.07) is 14.0. The molecule has 0 radical (unpaired) electrons. The van der Waals surface area contributed by atoms with E-state index >= 15 is 0 Å². The van der Waals surface area contributed by atoms with E-state index in [2.05, 4.69) is 16.4 Å². The number of aromatic nitrogens is 1. The Labute approximate surface area is 149 Å². The fourth-order valence-corrected chi connectivity index (χ4v) is 3.57. The van der Waals surface area contributed by atoms with Crippen LogP contribution in [0.25, 0.3) is 0 Å². The summed E-state index contributed by atoms with van der Waals surface area (Å²) in [5.41, 5.74) is 2.02. The molecule has 1 aliphatic rings. The van der Waals surface area contributed by atoms with Gasteiger partial charge in [0.1, 0.15) is 18.7 Å². The molecule has 1 aromatic heterocycles. The number of rotatable bonds is 5. The Morgan fingerprint density at radius 2 is 2.12 bits per heavy atom. The summed E-state index contributed by atoms with van der Waals surface area (Å²) in [4.78, 5) is 17.8. The lowest BCUT2D eigenvalue weighted by atomic mass is 9.96. The lowest BCUT2D eigenvalue weighted by Crippen LogP contribution is -3.14. The van der Waals surface area contributed by atoms with Crippen LogP contribution < -0.4 is 10.2 Å². The van der Waals surface area contributed by atoms with Gasteiger partial charge in [-0.2, -0.15) is 0 Å². The van der Waals surface area contributed by atoms with Crippen LogP contribution >= 0.6 is 0 Å². The van der Waals surface area contributed by atoms with Crippen LogP contribution in [0.5, 0.6) is 0 Å². The van der Waals surface area contributed by atoms with Gasteiger partial charge in [-0.05, 0) is 38.0 Å². The highest BCUT2D eigenvalue weighted by atomic mass is 16.6. The van der Waals surface area contributed by atoms with Gasteiger partial charge in [0.15, 0.2) is 0 Å². The van der Waals surface area contributed by atoms with E-state index in [0.717, 1.165) is 25.2 Å². The molecule has 25 heavy (non-hydrogen) atoms. The van der Waals surface area contributed by atoms with Crippen LogP contribution in [-0.4, -0.2) is 30.3 Å². The monoisotopic (exact) mass is 340 g/mol. The highest BCUT2D eigenvalue weighted by molar-refractivity contribution is 5.84. The molecule has 1 unspecified atom stereocenters. The molecule has 0 spiro atoms. The number of carbonyl (C=O) groups excluding carboxylic acids is 1. The molecule has 0 saturated carbocycles. The number of anilines is 1. The van der Waals surface area contributed by atoms with Crippen molar-refractivity contribution < 1.29 is 14.4 Å². The van der Waals surface area contributed by atoms with Crippen LogP contribution in [0.4, 0.5) is 10.5 Å². The zero-order valence-electron chi connectivity index (χ0n) is 14.7. The van der Waals surface area contributed by atoms with Crippen LogP contribution in [0.2, 0.25) is 0 Å². The molecular formula is C20H26N3O2+. The van der Waals surface area contributed by atoms with Gasteiger partial charge in [-0.25, -0.2) is 4.79 Å². The lowest BCUT2D eigenvalue weighted by Gasteiger charge is -2.34. The Bertz CT molecular complexity index is 663.